The molecular formula is C18H21ClN6O. The van der Waals surface area contributed by atoms with Crippen molar-refractivity contribution < 1.29 is 4.79 Å². The zero-order chi connectivity index (χ0) is 17.1. The van der Waals surface area contributed by atoms with Crippen LogP contribution in [0.15, 0.2) is 42.7 Å². The number of hydrogen-bond donors (Lipinski definition) is 3. The normalized spacial score (nSPS) is 12.9. The van der Waals surface area contributed by atoms with Crippen LogP contribution in [0.3, 0.4) is 0 Å². The van der Waals surface area contributed by atoms with E-state index in [0.717, 1.165) is 35.3 Å². The molecule has 1 aliphatic heterocycles. The first-order chi connectivity index (χ1) is 12.3. The number of rotatable bonds is 5. The molecule has 8 heteroatoms. The molecule has 4 rings (SSSR count). The Hall–Kier alpha value is -2.64. The minimum atomic E-state index is -0.140. The fourth-order valence-corrected chi connectivity index (χ4v) is 3.10. The van der Waals surface area contributed by atoms with Crippen LogP contribution in [0.1, 0.15) is 32.9 Å². The van der Waals surface area contributed by atoms with Gasteiger partial charge in [-0.15, -0.1) is 12.4 Å². The van der Waals surface area contributed by atoms with Crippen LogP contribution in [0.2, 0.25) is 0 Å². The molecule has 7 nitrogen and oxygen atoms in total. The van der Waals surface area contributed by atoms with Crippen molar-refractivity contribution in [2.75, 3.05) is 6.54 Å². The summed E-state index contributed by atoms with van der Waals surface area (Å²) in [6.07, 6.45) is 4.58. The van der Waals surface area contributed by atoms with Crippen molar-refractivity contribution in [1.29, 1.82) is 0 Å². The van der Waals surface area contributed by atoms with Crippen LogP contribution in [0.4, 0.5) is 0 Å². The van der Waals surface area contributed by atoms with Gasteiger partial charge in [0.15, 0.2) is 5.69 Å². The highest BCUT2D eigenvalue weighted by molar-refractivity contribution is 5.94. The lowest BCUT2D eigenvalue weighted by Gasteiger charge is -2.13. The Morgan fingerprint density at radius 1 is 1.27 bits per heavy atom. The highest BCUT2D eigenvalue weighted by atomic mass is 35.5. The van der Waals surface area contributed by atoms with Crippen molar-refractivity contribution in [1.82, 2.24) is 30.6 Å². The van der Waals surface area contributed by atoms with Gasteiger partial charge in [0.2, 0.25) is 0 Å². The van der Waals surface area contributed by atoms with Crippen molar-refractivity contribution in [3.8, 4) is 0 Å². The van der Waals surface area contributed by atoms with Gasteiger partial charge in [-0.2, -0.15) is 10.2 Å². The summed E-state index contributed by atoms with van der Waals surface area (Å²) in [5.41, 5.74) is 4.74. The largest absolute Gasteiger partial charge is 0.347 e. The van der Waals surface area contributed by atoms with Crippen LogP contribution >= 0.6 is 12.4 Å². The topological polar surface area (TPSA) is 87.6 Å². The van der Waals surface area contributed by atoms with E-state index in [1.54, 1.807) is 6.20 Å². The molecule has 0 spiro atoms. The summed E-state index contributed by atoms with van der Waals surface area (Å²) >= 11 is 0. The molecule has 1 aliphatic rings. The molecule has 3 aromatic rings. The van der Waals surface area contributed by atoms with E-state index in [1.165, 1.54) is 0 Å². The van der Waals surface area contributed by atoms with Gasteiger partial charge in [0.1, 0.15) is 0 Å². The molecule has 0 saturated carbocycles. The van der Waals surface area contributed by atoms with Gasteiger partial charge in [0.05, 0.1) is 6.54 Å². The average molecular weight is 373 g/mol. The van der Waals surface area contributed by atoms with Gasteiger partial charge in [-0.05, 0) is 17.2 Å². The van der Waals surface area contributed by atoms with E-state index in [4.69, 9.17) is 0 Å². The predicted octanol–water partition coefficient (Wildman–Crippen LogP) is 1.65. The van der Waals surface area contributed by atoms with Crippen LogP contribution in [0.5, 0.6) is 0 Å². The molecule has 1 amide bonds. The lowest BCUT2D eigenvalue weighted by Crippen LogP contribution is -2.28. The Kier molecular flexibility index (Phi) is 5.70. The third-order valence-electron chi connectivity index (χ3n) is 4.37. The van der Waals surface area contributed by atoms with Gasteiger partial charge in [-0.25, -0.2) is 0 Å². The van der Waals surface area contributed by atoms with Crippen LogP contribution in [0.25, 0.3) is 0 Å². The maximum atomic E-state index is 12.5. The number of nitrogens with one attached hydrogen (secondary N) is 3. The second-order valence-corrected chi connectivity index (χ2v) is 6.16. The lowest BCUT2D eigenvalue weighted by atomic mass is 10.1. The smallest absolute Gasteiger partial charge is 0.272 e. The highest BCUT2D eigenvalue weighted by Gasteiger charge is 2.21. The summed E-state index contributed by atoms with van der Waals surface area (Å²) in [6.45, 7) is 2.79. The molecule has 0 aliphatic carbocycles. The summed E-state index contributed by atoms with van der Waals surface area (Å²) in [6, 6.07) is 10.1. The Bertz CT molecular complexity index is 874. The molecule has 0 radical (unpaired) electrons. The molecule has 26 heavy (non-hydrogen) atoms. The monoisotopic (exact) mass is 372 g/mol. The van der Waals surface area contributed by atoms with Crippen molar-refractivity contribution in [2.24, 2.45) is 0 Å². The maximum absolute atomic E-state index is 12.5. The first kappa shape index (κ1) is 18.2. The van der Waals surface area contributed by atoms with E-state index < -0.39 is 0 Å². The molecule has 0 bridgehead atoms. The summed E-state index contributed by atoms with van der Waals surface area (Å²) in [5, 5.41) is 17.6. The number of aromatic nitrogens is 4. The Labute approximate surface area is 157 Å². The van der Waals surface area contributed by atoms with Crippen molar-refractivity contribution in [3.05, 3.63) is 70.8 Å². The number of fused-ring (bicyclic) bond motifs is 1. The molecule has 2 aromatic heterocycles. The molecule has 0 unspecified atom stereocenters. The second-order valence-electron chi connectivity index (χ2n) is 6.16. The van der Waals surface area contributed by atoms with Gasteiger partial charge >= 0.3 is 0 Å². The molecular weight excluding hydrogens is 352 g/mol. The number of halogens is 1. The van der Waals surface area contributed by atoms with Gasteiger partial charge in [0.25, 0.3) is 5.91 Å². The van der Waals surface area contributed by atoms with Crippen LogP contribution < -0.4 is 10.6 Å². The van der Waals surface area contributed by atoms with Crippen LogP contribution in [-0.2, 0) is 26.1 Å². The quantitative estimate of drug-likeness (QED) is 0.635. The third kappa shape index (κ3) is 3.95. The molecule has 0 saturated heterocycles. The number of carbonyl (C=O) groups excluding carboxylic acids is 1. The number of nitrogens with zero attached hydrogens (tertiary/aromatic N) is 3. The van der Waals surface area contributed by atoms with Gasteiger partial charge in [-0.3, -0.25) is 14.6 Å². The lowest BCUT2D eigenvalue weighted by molar-refractivity contribution is 0.0944. The van der Waals surface area contributed by atoms with E-state index in [2.05, 4.69) is 38.1 Å². The summed E-state index contributed by atoms with van der Waals surface area (Å²) in [5.74, 6) is -0.140. The zero-order valence-corrected chi connectivity index (χ0v) is 15.1. The number of hydrogen-bond acceptors (Lipinski definition) is 4. The van der Waals surface area contributed by atoms with Crippen LogP contribution in [-0.4, -0.2) is 32.4 Å². The molecule has 1 aromatic carbocycles. The molecule has 0 fully saturated rings. The number of benzene rings is 1. The SMILES string of the molecule is Cl.O=C(NCc1cccc(Cn2cccn2)c1)c1n[nH]c2c1CNCC2. The fraction of sp³-hybridized carbons (Fsp3) is 0.278. The summed E-state index contributed by atoms with van der Waals surface area (Å²) in [4.78, 5) is 12.5. The number of carbonyl (C=O) groups is 1. The standard InChI is InChI=1S/C18H20N6O.ClH/c25-18(17-15-11-19-7-5-16(15)22-23-17)20-10-13-3-1-4-14(9-13)12-24-8-2-6-21-24;/h1-4,6,8-9,19H,5,7,10-12H2,(H,20,25)(H,22,23);1H. The minimum absolute atomic E-state index is 0. The zero-order valence-electron chi connectivity index (χ0n) is 14.2. The Morgan fingerprint density at radius 3 is 3.00 bits per heavy atom. The maximum Gasteiger partial charge on any atom is 0.272 e. The number of H-pyrrole nitrogens is 1. The minimum Gasteiger partial charge on any atom is -0.347 e. The van der Waals surface area contributed by atoms with Crippen molar-refractivity contribution >= 4 is 18.3 Å². The Balaban J connectivity index is 0.00000196. The van der Waals surface area contributed by atoms with Crippen molar-refractivity contribution in [3.63, 3.8) is 0 Å². The fourth-order valence-electron chi connectivity index (χ4n) is 3.10. The van der Waals surface area contributed by atoms with E-state index in [0.29, 0.717) is 25.3 Å². The number of amides is 1. The summed E-state index contributed by atoms with van der Waals surface area (Å²) in [7, 11) is 0. The van der Waals surface area contributed by atoms with Gasteiger partial charge < -0.3 is 10.6 Å². The first-order valence-electron chi connectivity index (χ1n) is 8.40. The third-order valence-corrected chi connectivity index (χ3v) is 4.37. The van der Waals surface area contributed by atoms with E-state index in [1.807, 2.05) is 29.1 Å². The molecule has 3 N–H and O–H groups in total. The van der Waals surface area contributed by atoms with Crippen LogP contribution in [0, 0.1) is 0 Å². The Morgan fingerprint density at radius 2 is 2.15 bits per heavy atom. The van der Waals surface area contributed by atoms with E-state index in [-0.39, 0.29) is 18.3 Å². The first-order valence-corrected chi connectivity index (χ1v) is 8.40. The van der Waals surface area contributed by atoms with E-state index >= 15 is 0 Å². The van der Waals surface area contributed by atoms with E-state index in [9.17, 15) is 4.79 Å². The van der Waals surface area contributed by atoms with Gasteiger partial charge in [-0.1, -0.05) is 24.3 Å². The molecule has 136 valence electrons. The van der Waals surface area contributed by atoms with Crippen molar-refractivity contribution in [2.45, 2.75) is 26.1 Å². The highest BCUT2D eigenvalue weighted by Crippen LogP contribution is 2.15. The average Bonchev–Trinajstić information content (AvgIpc) is 3.29. The second kappa shape index (κ2) is 8.16. The predicted molar refractivity (Wildman–Crippen MR) is 100 cm³/mol. The van der Waals surface area contributed by atoms with Gasteiger partial charge in [0, 0.05) is 49.7 Å². The molecule has 0 atom stereocenters. The molecule has 3 heterocycles. The number of aromatic amines is 1. The summed E-state index contributed by atoms with van der Waals surface area (Å²) < 4.78 is 1.88.